The molecule has 2 atom stereocenters. The molecule has 1 aliphatic heterocycles. The van der Waals surface area contributed by atoms with Crippen LogP contribution in [0.4, 0.5) is 0 Å². The standard InChI is InChI=1S/C26H25N3O3/c1-17-10-12-20(13-11-17)24-23(27-25(30)21-8-4-6-18(2)14-21)26(31)28-29(24)16-19-7-5-9-22(15-19)32-3/h4-16,23-24H,1-3H3,(H-,27,28,30,31)/p+1/b29-16-/t23-,24+/m1/s1. The van der Waals surface area contributed by atoms with Crippen molar-refractivity contribution in [2.45, 2.75) is 25.9 Å². The zero-order chi connectivity index (χ0) is 22.7. The summed E-state index contributed by atoms with van der Waals surface area (Å²) in [5.41, 5.74) is 7.32. The number of nitrogens with zero attached hydrogens (tertiary/aromatic N) is 1. The fraction of sp³-hybridized carbons (Fsp3) is 0.192. The number of carbonyl (C=O) groups excluding carboxylic acids is 2. The van der Waals surface area contributed by atoms with Gasteiger partial charge < -0.3 is 10.1 Å². The third kappa shape index (κ3) is 4.54. The van der Waals surface area contributed by atoms with E-state index in [2.05, 4.69) is 10.7 Å². The van der Waals surface area contributed by atoms with E-state index in [0.717, 1.165) is 28.0 Å². The van der Waals surface area contributed by atoms with E-state index >= 15 is 0 Å². The van der Waals surface area contributed by atoms with Crippen molar-refractivity contribution in [2.24, 2.45) is 0 Å². The summed E-state index contributed by atoms with van der Waals surface area (Å²) in [7, 11) is 1.61. The molecule has 2 amide bonds. The minimum atomic E-state index is -0.757. The molecular formula is C26H26N3O3+. The Morgan fingerprint density at radius 3 is 2.47 bits per heavy atom. The van der Waals surface area contributed by atoms with Crippen molar-refractivity contribution < 1.29 is 19.0 Å². The maximum absolute atomic E-state index is 13.0. The van der Waals surface area contributed by atoms with Gasteiger partial charge in [-0.1, -0.05) is 53.6 Å². The maximum atomic E-state index is 13.0. The first-order valence-electron chi connectivity index (χ1n) is 10.5. The second-order valence-corrected chi connectivity index (χ2v) is 7.97. The number of ether oxygens (including phenoxy) is 1. The predicted molar refractivity (Wildman–Crippen MR) is 123 cm³/mol. The second-order valence-electron chi connectivity index (χ2n) is 7.97. The highest BCUT2D eigenvalue weighted by molar-refractivity contribution is 5.98. The monoisotopic (exact) mass is 428 g/mol. The average Bonchev–Trinajstić information content (AvgIpc) is 3.09. The van der Waals surface area contributed by atoms with Gasteiger partial charge in [0.15, 0.2) is 6.04 Å². The van der Waals surface area contributed by atoms with Crippen LogP contribution in [0.15, 0.2) is 72.8 Å². The van der Waals surface area contributed by atoms with E-state index in [9.17, 15) is 9.59 Å². The quantitative estimate of drug-likeness (QED) is 0.613. The van der Waals surface area contributed by atoms with Gasteiger partial charge in [0.1, 0.15) is 5.75 Å². The SMILES string of the molecule is COc1cccc(/C=[N+]2\NC(=O)[C@H](NC(=O)c3cccc(C)c3)[C@@H]2c2ccc(C)cc2)c1. The molecule has 0 spiro atoms. The first kappa shape index (κ1) is 21.3. The Morgan fingerprint density at radius 1 is 1.00 bits per heavy atom. The van der Waals surface area contributed by atoms with E-state index in [1.165, 1.54) is 0 Å². The van der Waals surface area contributed by atoms with Crippen LogP contribution in [0.1, 0.15) is 38.7 Å². The minimum absolute atomic E-state index is 0.268. The highest BCUT2D eigenvalue weighted by Gasteiger charge is 2.47. The number of methoxy groups -OCH3 is 1. The smallest absolute Gasteiger partial charge is 0.304 e. The molecule has 1 aliphatic rings. The molecule has 6 nitrogen and oxygen atoms in total. The van der Waals surface area contributed by atoms with Crippen LogP contribution in [0.3, 0.4) is 0 Å². The zero-order valence-electron chi connectivity index (χ0n) is 18.3. The summed E-state index contributed by atoms with van der Waals surface area (Å²) in [6, 6.07) is 21.7. The van der Waals surface area contributed by atoms with Gasteiger partial charge in [0.2, 0.25) is 12.3 Å². The normalized spacial score (nSPS) is 19.0. The number of carbonyl (C=O) groups is 2. The van der Waals surface area contributed by atoms with Crippen molar-refractivity contribution in [1.29, 1.82) is 0 Å². The van der Waals surface area contributed by atoms with Crippen LogP contribution in [-0.4, -0.2) is 35.9 Å². The Labute approximate surface area is 187 Å². The molecular weight excluding hydrogens is 402 g/mol. The first-order chi connectivity index (χ1) is 15.4. The molecule has 0 radical (unpaired) electrons. The molecule has 162 valence electrons. The Balaban J connectivity index is 1.71. The summed E-state index contributed by atoms with van der Waals surface area (Å²) in [5, 5.41) is 2.94. The summed E-state index contributed by atoms with van der Waals surface area (Å²) in [6.45, 7) is 3.94. The van der Waals surface area contributed by atoms with Gasteiger partial charge in [-0.3, -0.25) is 9.59 Å². The molecule has 0 aliphatic carbocycles. The van der Waals surface area contributed by atoms with Crippen molar-refractivity contribution in [2.75, 3.05) is 7.11 Å². The van der Waals surface area contributed by atoms with Crippen LogP contribution < -0.4 is 15.5 Å². The Hall–Kier alpha value is -3.93. The molecule has 3 aromatic carbocycles. The fourth-order valence-electron chi connectivity index (χ4n) is 3.84. The Bertz CT molecular complexity index is 1180. The number of nitrogens with one attached hydrogen (secondary N) is 2. The molecule has 32 heavy (non-hydrogen) atoms. The summed E-state index contributed by atoms with van der Waals surface area (Å²) in [4.78, 5) is 25.9. The van der Waals surface area contributed by atoms with Gasteiger partial charge in [0, 0.05) is 16.7 Å². The fourth-order valence-corrected chi connectivity index (χ4v) is 3.84. The van der Waals surface area contributed by atoms with Crippen molar-refractivity contribution >= 4 is 18.0 Å². The summed E-state index contributed by atoms with van der Waals surface area (Å²) >= 11 is 0. The summed E-state index contributed by atoms with van der Waals surface area (Å²) < 4.78 is 7.07. The molecule has 3 aromatic rings. The van der Waals surface area contributed by atoms with Gasteiger partial charge in [0.05, 0.1) is 7.11 Å². The highest BCUT2D eigenvalue weighted by Crippen LogP contribution is 2.26. The summed E-state index contributed by atoms with van der Waals surface area (Å²) in [6.07, 6.45) is 1.85. The molecule has 1 heterocycles. The van der Waals surface area contributed by atoms with Crippen LogP contribution in [0.5, 0.6) is 5.75 Å². The molecule has 0 saturated carbocycles. The van der Waals surface area contributed by atoms with Crippen LogP contribution >= 0.6 is 0 Å². The highest BCUT2D eigenvalue weighted by atomic mass is 16.5. The predicted octanol–water partition coefficient (Wildman–Crippen LogP) is 3.33. The number of hydrogen-bond donors (Lipinski definition) is 2. The molecule has 1 saturated heterocycles. The largest absolute Gasteiger partial charge is 0.497 e. The molecule has 1 fully saturated rings. The molecule has 0 aromatic heterocycles. The average molecular weight is 429 g/mol. The van der Waals surface area contributed by atoms with Gasteiger partial charge in [-0.15, -0.1) is 10.1 Å². The lowest BCUT2D eigenvalue weighted by Crippen LogP contribution is -2.42. The molecule has 4 rings (SSSR count). The molecule has 6 heteroatoms. The molecule has 0 bridgehead atoms. The summed E-state index contributed by atoms with van der Waals surface area (Å²) in [5.74, 6) is 0.172. The maximum Gasteiger partial charge on any atom is 0.304 e. The number of hydrogen-bond acceptors (Lipinski definition) is 3. The van der Waals surface area contributed by atoms with E-state index in [4.69, 9.17) is 4.74 Å². The minimum Gasteiger partial charge on any atom is -0.497 e. The Morgan fingerprint density at radius 2 is 1.75 bits per heavy atom. The topological polar surface area (TPSA) is 70.4 Å². The van der Waals surface area contributed by atoms with Crippen LogP contribution in [0.2, 0.25) is 0 Å². The number of aryl methyl sites for hydroxylation is 2. The van der Waals surface area contributed by atoms with Gasteiger partial charge in [0.25, 0.3) is 5.91 Å². The number of rotatable bonds is 5. The van der Waals surface area contributed by atoms with Crippen LogP contribution in [0, 0.1) is 13.8 Å². The van der Waals surface area contributed by atoms with E-state index in [0.29, 0.717) is 5.56 Å². The third-order valence-electron chi connectivity index (χ3n) is 5.50. The van der Waals surface area contributed by atoms with E-state index < -0.39 is 12.1 Å². The van der Waals surface area contributed by atoms with Gasteiger partial charge in [-0.2, -0.15) is 0 Å². The van der Waals surface area contributed by atoms with E-state index in [-0.39, 0.29) is 11.8 Å². The van der Waals surface area contributed by atoms with Gasteiger partial charge >= 0.3 is 5.91 Å². The lowest BCUT2D eigenvalue weighted by atomic mass is 9.98. The van der Waals surface area contributed by atoms with E-state index in [1.807, 2.05) is 86.8 Å². The van der Waals surface area contributed by atoms with Gasteiger partial charge in [-0.05, 0) is 44.2 Å². The van der Waals surface area contributed by atoms with Gasteiger partial charge in [-0.25, -0.2) is 0 Å². The van der Waals surface area contributed by atoms with Crippen molar-refractivity contribution in [3.05, 3.63) is 101 Å². The molecule has 2 N–H and O–H groups in total. The van der Waals surface area contributed by atoms with Crippen LogP contribution in [-0.2, 0) is 4.79 Å². The van der Waals surface area contributed by atoms with Crippen molar-refractivity contribution in [3.8, 4) is 5.75 Å². The number of amides is 2. The van der Waals surface area contributed by atoms with Crippen molar-refractivity contribution in [1.82, 2.24) is 10.7 Å². The van der Waals surface area contributed by atoms with Crippen LogP contribution in [0.25, 0.3) is 0 Å². The first-order valence-corrected chi connectivity index (χ1v) is 10.5. The number of benzene rings is 3. The third-order valence-corrected chi connectivity index (χ3v) is 5.50. The number of hydrazone groups is 1. The van der Waals surface area contributed by atoms with Crippen molar-refractivity contribution in [3.63, 3.8) is 0 Å². The molecule has 0 unspecified atom stereocenters. The number of hydrazine groups is 1. The second kappa shape index (κ2) is 9.06. The zero-order valence-corrected chi connectivity index (χ0v) is 18.3. The lowest BCUT2D eigenvalue weighted by molar-refractivity contribution is -0.596. The van der Waals surface area contributed by atoms with E-state index in [1.54, 1.807) is 17.9 Å². The Kier molecular flexibility index (Phi) is 6.03. The lowest BCUT2D eigenvalue weighted by Gasteiger charge is -2.15.